The van der Waals surface area contributed by atoms with Crippen LogP contribution in [0.4, 0.5) is 0 Å². The van der Waals surface area contributed by atoms with Crippen molar-refractivity contribution in [2.24, 2.45) is 10.7 Å². The number of guanidine groups is 1. The van der Waals surface area contributed by atoms with E-state index in [0.717, 1.165) is 24.2 Å². The molecule has 0 amide bonds. The number of hydrogen-bond acceptors (Lipinski definition) is 2. The molecule has 2 rings (SSSR count). The Balaban J connectivity index is 0.00000200. The van der Waals surface area contributed by atoms with Crippen LogP contribution in [0.5, 0.6) is 0 Å². The van der Waals surface area contributed by atoms with E-state index in [1.54, 1.807) is 6.20 Å². The molecule has 3 N–H and O–H groups in total. The number of nitrogens with one attached hydrogen (secondary N) is 1. The Morgan fingerprint density at radius 1 is 1.40 bits per heavy atom. The Hall–Kier alpha value is -1.57. The monoisotopic (exact) mass is 385 g/mol. The predicted molar refractivity (Wildman–Crippen MR) is 92.6 cm³/mol. The van der Waals surface area contributed by atoms with E-state index in [4.69, 9.17) is 5.73 Å². The summed E-state index contributed by atoms with van der Waals surface area (Å²) in [5, 5.41) is 7.26. The Bertz CT molecular complexity index is 536. The van der Waals surface area contributed by atoms with Gasteiger partial charge < -0.3 is 11.1 Å². The standard InChI is InChI=1S/C14H19N5.HI/c1-2-7-16-14(15)17-11-12-5-3-6-13(10-12)19-9-4-8-18-19;/h3-6,8-10H,2,7,11H2,1H3,(H3,15,16,17);1H. The highest BCUT2D eigenvalue weighted by molar-refractivity contribution is 14.0. The summed E-state index contributed by atoms with van der Waals surface area (Å²) in [6.07, 6.45) is 4.71. The Morgan fingerprint density at radius 2 is 2.25 bits per heavy atom. The average molecular weight is 385 g/mol. The molecular weight excluding hydrogens is 365 g/mol. The number of nitrogens with zero attached hydrogens (tertiary/aromatic N) is 3. The maximum absolute atomic E-state index is 5.76. The van der Waals surface area contributed by atoms with Crippen molar-refractivity contribution < 1.29 is 0 Å². The van der Waals surface area contributed by atoms with Crippen LogP contribution in [0.15, 0.2) is 47.7 Å². The van der Waals surface area contributed by atoms with Gasteiger partial charge in [-0.05, 0) is 30.2 Å². The lowest BCUT2D eigenvalue weighted by Crippen LogP contribution is -2.32. The summed E-state index contributed by atoms with van der Waals surface area (Å²) in [6.45, 7) is 3.51. The molecule has 0 fully saturated rings. The minimum atomic E-state index is 0. The maximum Gasteiger partial charge on any atom is 0.188 e. The molecule has 1 aromatic carbocycles. The van der Waals surface area contributed by atoms with Crippen LogP contribution in [-0.4, -0.2) is 22.3 Å². The van der Waals surface area contributed by atoms with Gasteiger partial charge in [0.25, 0.3) is 0 Å². The lowest BCUT2D eigenvalue weighted by atomic mass is 10.2. The van der Waals surface area contributed by atoms with Crippen molar-refractivity contribution >= 4 is 29.9 Å². The number of aromatic nitrogens is 2. The Kier molecular flexibility index (Phi) is 7.06. The molecule has 1 heterocycles. The molecule has 20 heavy (non-hydrogen) atoms. The van der Waals surface area contributed by atoms with Crippen molar-refractivity contribution in [3.8, 4) is 5.69 Å². The molecule has 6 heteroatoms. The lowest BCUT2D eigenvalue weighted by molar-refractivity contribution is 0.825. The van der Waals surface area contributed by atoms with Crippen LogP contribution in [0, 0.1) is 0 Å². The number of aliphatic imine (C=N–C) groups is 1. The van der Waals surface area contributed by atoms with E-state index in [1.165, 1.54) is 0 Å². The third-order valence-corrected chi connectivity index (χ3v) is 2.67. The fraction of sp³-hybridized carbons (Fsp3) is 0.286. The molecule has 0 spiro atoms. The largest absolute Gasteiger partial charge is 0.370 e. The molecule has 2 aromatic rings. The summed E-state index contributed by atoms with van der Waals surface area (Å²) in [7, 11) is 0. The third kappa shape index (κ3) is 4.84. The number of nitrogens with two attached hydrogens (primary N) is 1. The first-order valence-corrected chi connectivity index (χ1v) is 6.42. The topological polar surface area (TPSA) is 68.2 Å². The van der Waals surface area contributed by atoms with Crippen LogP contribution in [0.2, 0.25) is 0 Å². The van der Waals surface area contributed by atoms with Gasteiger partial charge in [0.2, 0.25) is 0 Å². The summed E-state index contributed by atoms with van der Waals surface area (Å²) >= 11 is 0. The minimum absolute atomic E-state index is 0. The van der Waals surface area contributed by atoms with Gasteiger partial charge in [0, 0.05) is 18.9 Å². The van der Waals surface area contributed by atoms with Gasteiger partial charge in [-0.15, -0.1) is 24.0 Å². The zero-order chi connectivity index (χ0) is 13.5. The van der Waals surface area contributed by atoms with E-state index in [-0.39, 0.29) is 24.0 Å². The lowest BCUT2D eigenvalue weighted by Gasteiger charge is -2.05. The zero-order valence-electron chi connectivity index (χ0n) is 11.5. The van der Waals surface area contributed by atoms with Crippen molar-refractivity contribution in [1.29, 1.82) is 0 Å². The quantitative estimate of drug-likeness (QED) is 0.472. The van der Waals surface area contributed by atoms with Gasteiger partial charge in [0.05, 0.1) is 12.2 Å². The molecule has 0 bridgehead atoms. The van der Waals surface area contributed by atoms with Gasteiger partial charge in [-0.1, -0.05) is 19.1 Å². The summed E-state index contributed by atoms with van der Waals surface area (Å²) in [4.78, 5) is 4.31. The van der Waals surface area contributed by atoms with Crippen molar-refractivity contribution in [3.05, 3.63) is 48.3 Å². The smallest absolute Gasteiger partial charge is 0.188 e. The van der Waals surface area contributed by atoms with E-state index >= 15 is 0 Å². The summed E-state index contributed by atoms with van der Waals surface area (Å²) in [5.74, 6) is 0.492. The predicted octanol–water partition coefficient (Wildman–Crippen LogP) is 2.30. The second-order valence-electron chi connectivity index (χ2n) is 4.25. The van der Waals surface area contributed by atoms with Gasteiger partial charge in [-0.25, -0.2) is 9.67 Å². The first kappa shape index (κ1) is 16.5. The van der Waals surface area contributed by atoms with Gasteiger partial charge in [0.15, 0.2) is 5.96 Å². The molecule has 0 atom stereocenters. The van der Waals surface area contributed by atoms with Gasteiger partial charge in [0.1, 0.15) is 0 Å². The zero-order valence-corrected chi connectivity index (χ0v) is 13.8. The van der Waals surface area contributed by atoms with Crippen molar-refractivity contribution in [2.75, 3.05) is 6.54 Å². The van der Waals surface area contributed by atoms with Crippen LogP contribution >= 0.6 is 24.0 Å². The highest BCUT2D eigenvalue weighted by atomic mass is 127. The van der Waals surface area contributed by atoms with Crippen LogP contribution < -0.4 is 11.1 Å². The second kappa shape index (κ2) is 8.57. The number of halogens is 1. The molecule has 0 saturated carbocycles. The molecule has 0 unspecified atom stereocenters. The van der Waals surface area contributed by atoms with Crippen molar-refractivity contribution in [1.82, 2.24) is 15.1 Å². The average Bonchev–Trinajstić information content (AvgIpc) is 2.97. The van der Waals surface area contributed by atoms with E-state index < -0.39 is 0 Å². The van der Waals surface area contributed by atoms with Crippen molar-refractivity contribution in [3.63, 3.8) is 0 Å². The SMILES string of the molecule is CCCNC(N)=NCc1cccc(-n2cccn2)c1.I. The number of benzene rings is 1. The maximum atomic E-state index is 5.76. The first-order chi connectivity index (χ1) is 9.29. The molecule has 108 valence electrons. The molecule has 0 saturated heterocycles. The summed E-state index contributed by atoms with van der Waals surface area (Å²) in [6, 6.07) is 10.0. The molecule has 0 radical (unpaired) electrons. The number of hydrogen-bond donors (Lipinski definition) is 2. The third-order valence-electron chi connectivity index (χ3n) is 2.67. The number of rotatable bonds is 5. The highest BCUT2D eigenvalue weighted by Gasteiger charge is 1.98. The van der Waals surface area contributed by atoms with Crippen LogP contribution in [0.1, 0.15) is 18.9 Å². The first-order valence-electron chi connectivity index (χ1n) is 6.42. The van der Waals surface area contributed by atoms with Crippen LogP contribution in [0.25, 0.3) is 5.69 Å². The van der Waals surface area contributed by atoms with Gasteiger partial charge in [-0.3, -0.25) is 0 Å². The molecule has 0 aliphatic rings. The molecule has 0 aliphatic heterocycles. The molecular formula is C14H20IN5. The second-order valence-corrected chi connectivity index (χ2v) is 4.25. The Morgan fingerprint density at radius 3 is 2.95 bits per heavy atom. The van der Waals surface area contributed by atoms with E-state index in [1.807, 2.05) is 35.1 Å². The van der Waals surface area contributed by atoms with E-state index in [2.05, 4.69) is 28.4 Å². The Labute approximate surface area is 136 Å². The fourth-order valence-electron chi connectivity index (χ4n) is 1.70. The summed E-state index contributed by atoms with van der Waals surface area (Å²) < 4.78 is 1.83. The normalized spacial score (nSPS) is 10.9. The van der Waals surface area contributed by atoms with Crippen LogP contribution in [0.3, 0.4) is 0 Å². The minimum Gasteiger partial charge on any atom is -0.370 e. The fourth-order valence-corrected chi connectivity index (χ4v) is 1.70. The van der Waals surface area contributed by atoms with E-state index in [9.17, 15) is 0 Å². The molecule has 1 aromatic heterocycles. The molecule has 5 nitrogen and oxygen atoms in total. The van der Waals surface area contributed by atoms with Crippen molar-refractivity contribution in [2.45, 2.75) is 19.9 Å². The van der Waals surface area contributed by atoms with E-state index in [0.29, 0.717) is 12.5 Å². The van der Waals surface area contributed by atoms with Crippen LogP contribution in [-0.2, 0) is 6.54 Å². The molecule has 0 aliphatic carbocycles. The highest BCUT2D eigenvalue weighted by Crippen LogP contribution is 2.10. The van der Waals surface area contributed by atoms with Gasteiger partial charge >= 0.3 is 0 Å². The summed E-state index contributed by atoms with van der Waals surface area (Å²) in [5.41, 5.74) is 7.89. The van der Waals surface area contributed by atoms with Gasteiger partial charge in [-0.2, -0.15) is 5.10 Å².